The number of nitrogens with one attached hydrogen (secondary N) is 2. The van der Waals surface area contributed by atoms with Crippen molar-refractivity contribution in [1.82, 2.24) is 14.3 Å². The number of aromatic nitrogens is 2. The minimum atomic E-state index is -3.88. The Morgan fingerprint density at radius 2 is 1.95 bits per heavy atom. The summed E-state index contributed by atoms with van der Waals surface area (Å²) >= 11 is 0. The van der Waals surface area contributed by atoms with E-state index >= 15 is 0 Å². The summed E-state index contributed by atoms with van der Waals surface area (Å²) in [5.41, 5.74) is -1.47. The lowest BCUT2D eigenvalue weighted by Gasteiger charge is -2.34. The van der Waals surface area contributed by atoms with Gasteiger partial charge in [0, 0.05) is 18.3 Å². The van der Waals surface area contributed by atoms with Gasteiger partial charge in [-0.15, -0.1) is 0 Å². The number of piperidine rings is 1. The first-order valence-corrected chi connectivity index (χ1v) is 8.17. The van der Waals surface area contributed by atoms with Crippen LogP contribution in [-0.2, 0) is 10.0 Å². The Kier molecular flexibility index (Phi) is 4.14. The SMILES string of the molecule is CCC1CCCCN1S(=O)(=O)c1c(C)[nH]c(=O)[nH]c1=O. The predicted molar refractivity (Wildman–Crippen MR) is 74.2 cm³/mol. The number of aryl methyl sites for hydroxylation is 1. The molecular formula is C12H19N3O4S. The Hall–Kier alpha value is -1.41. The van der Waals surface area contributed by atoms with Gasteiger partial charge in [-0.1, -0.05) is 13.3 Å². The largest absolute Gasteiger partial charge is 0.325 e. The van der Waals surface area contributed by atoms with Gasteiger partial charge in [0.15, 0.2) is 4.90 Å². The van der Waals surface area contributed by atoms with Crippen LogP contribution >= 0.6 is 0 Å². The van der Waals surface area contributed by atoms with Crippen molar-refractivity contribution in [3.05, 3.63) is 26.5 Å². The van der Waals surface area contributed by atoms with E-state index in [1.165, 1.54) is 11.2 Å². The maximum Gasteiger partial charge on any atom is 0.325 e. The van der Waals surface area contributed by atoms with Crippen molar-refractivity contribution in [2.24, 2.45) is 0 Å². The minimum absolute atomic E-state index is 0.0826. The highest BCUT2D eigenvalue weighted by Gasteiger charge is 2.35. The molecule has 0 bridgehead atoms. The maximum atomic E-state index is 12.7. The zero-order valence-corrected chi connectivity index (χ0v) is 12.4. The lowest BCUT2D eigenvalue weighted by molar-refractivity contribution is 0.246. The molecule has 2 heterocycles. The summed E-state index contributed by atoms with van der Waals surface area (Å²) in [6.07, 6.45) is 3.29. The van der Waals surface area contributed by atoms with Crippen LogP contribution in [0, 0.1) is 6.92 Å². The van der Waals surface area contributed by atoms with Gasteiger partial charge in [-0.25, -0.2) is 13.2 Å². The second-order valence-corrected chi connectivity index (χ2v) is 6.86. The first-order valence-electron chi connectivity index (χ1n) is 6.73. The summed E-state index contributed by atoms with van der Waals surface area (Å²) in [7, 11) is -3.88. The molecule has 7 nitrogen and oxygen atoms in total. The fraction of sp³-hybridized carbons (Fsp3) is 0.667. The van der Waals surface area contributed by atoms with Crippen molar-refractivity contribution in [3.8, 4) is 0 Å². The minimum Gasteiger partial charge on any atom is -0.310 e. The number of aromatic amines is 2. The molecule has 0 spiro atoms. The Morgan fingerprint density at radius 1 is 1.25 bits per heavy atom. The first kappa shape index (κ1) is 15.0. The number of hydrogen-bond donors (Lipinski definition) is 2. The fourth-order valence-corrected chi connectivity index (χ4v) is 4.69. The third-order valence-electron chi connectivity index (χ3n) is 3.69. The maximum absolute atomic E-state index is 12.7. The first-order chi connectivity index (χ1) is 9.37. The van der Waals surface area contributed by atoms with E-state index in [2.05, 4.69) is 4.98 Å². The predicted octanol–water partition coefficient (Wildman–Crippen LogP) is 0.325. The molecule has 1 aromatic heterocycles. The van der Waals surface area contributed by atoms with Gasteiger partial charge in [0.1, 0.15) is 0 Å². The standard InChI is InChI=1S/C12H19N3O4S/c1-3-9-6-4-5-7-15(9)20(18,19)10-8(2)13-12(17)14-11(10)16/h9H,3-7H2,1-2H3,(H2,13,14,16,17). The van der Waals surface area contributed by atoms with Gasteiger partial charge in [-0.3, -0.25) is 9.78 Å². The lowest BCUT2D eigenvalue weighted by atomic mass is 10.0. The quantitative estimate of drug-likeness (QED) is 0.839. The molecule has 1 aliphatic rings. The summed E-state index contributed by atoms with van der Waals surface area (Å²) in [5.74, 6) is 0. The lowest BCUT2D eigenvalue weighted by Crippen LogP contribution is -2.45. The highest BCUT2D eigenvalue weighted by molar-refractivity contribution is 7.89. The van der Waals surface area contributed by atoms with Crippen LogP contribution in [0.5, 0.6) is 0 Å². The number of H-pyrrole nitrogens is 2. The van der Waals surface area contributed by atoms with Gasteiger partial charge in [-0.05, 0) is 26.2 Å². The number of sulfonamides is 1. The molecule has 1 fully saturated rings. The van der Waals surface area contributed by atoms with Gasteiger partial charge >= 0.3 is 5.69 Å². The highest BCUT2D eigenvalue weighted by atomic mass is 32.2. The van der Waals surface area contributed by atoms with Crippen LogP contribution in [0.25, 0.3) is 0 Å². The molecule has 2 rings (SSSR count). The van der Waals surface area contributed by atoms with Gasteiger partial charge in [0.25, 0.3) is 15.6 Å². The van der Waals surface area contributed by atoms with Crippen molar-refractivity contribution in [2.45, 2.75) is 50.5 Å². The van der Waals surface area contributed by atoms with Gasteiger partial charge < -0.3 is 4.98 Å². The average Bonchev–Trinajstić information content (AvgIpc) is 2.37. The molecule has 1 unspecified atom stereocenters. The van der Waals surface area contributed by atoms with Crippen molar-refractivity contribution in [1.29, 1.82) is 0 Å². The number of hydrogen-bond acceptors (Lipinski definition) is 4. The van der Waals surface area contributed by atoms with Crippen molar-refractivity contribution >= 4 is 10.0 Å². The van der Waals surface area contributed by atoms with Crippen LogP contribution in [0.2, 0.25) is 0 Å². The Morgan fingerprint density at radius 3 is 2.55 bits per heavy atom. The summed E-state index contributed by atoms with van der Waals surface area (Å²) in [6.45, 7) is 3.77. The molecular weight excluding hydrogens is 282 g/mol. The number of rotatable bonds is 3. The molecule has 0 saturated carbocycles. The Balaban J connectivity index is 2.55. The molecule has 0 amide bonds. The molecule has 1 saturated heterocycles. The summed E-state index contributed by atoms with van der Waals surface area (Å²) in [4.78, 5) is 27.0. The van der Waals surface area contributed by atoms with Crippen LogP contribution in [-0.4, -0.2) is 35.3 Å². The third-order valence-corrected chi connectivity index (χ3v) is 5.79. The molecule has 0 aromatic carbocycles. The van der Waals surface area contributed by atoms with Crippen molar-refractivity contribution in [3.63, 3.8) is 0 Å². The zero-order chi connectivity index (χ0) is 14.9. The van der Waals surface area contributed by atoms with Gasteiger partial charge in [0.2, 0.25) is 0 Å². The van der Waals surface area contributed by atoms with Crippen molar-refractivity contribution in [2.75, 3.05) is 6.54 Å². The van der Waals surface area contributed by atoms with Crippen LogP contribution in [0.15, 0.2) is 14.5 Å². The van der Waals surface area contributed by atoms with E-state index in [0.29, 0.717) is 13.0 Å². The Labute approximate surface area is 117 Å². The highest BCUT2D eigenvalue weighted by Crippen LogP contribution is 2.26. The molecule has 0 aliphatic carbocycles. The van der Waals surface area contributed by atoms with E-state index in [0.717, 1.165) is 19.3 Å². The second kappa shape index (κ2) is 5.53. The zero-order valence-electron chi connectivity index (χ0n) is 11.6. The van der Waals surface area contributed by atoms with Gasteiger partial charge in [-0.2, -0.15) is 4.31 Å². The molecule has 1 atom stereocenters. The fourth-order valence-electron chi connectivity index (χ4n) is 2.71. The summed E-state index contributed by atoms with van der Waals surface area (Å²) in [6, 6.07) is -0.0838. The molecule has 0 radical (unpaired) electrons. The molecule has 1 aliphatic heterocycles. The molecule has 112 valence electrons. The summed E-state index contributed by atoms with van der Waals surface area (Å²) < 4.78 is 26.8. The monoisotopic (exact) mass is 301 g/mol. The van der Waals surface area contributed by atoms with E-state index in [1.54, 1.807) is 0 Å². The number of nitrogens with zero attached hydrogens (tertiary/aromatic N) is 1. The molecule has 8 heteroatoms. The molecule has 2 N–H and O–H groups in total. The second-order valence-electron chi connectivity index (χ2n) is 5.04. The van der Waals surface area contributed by atoms with Crippen LogP contribution in [0.1, 0.15) is 38.3 Å². The summed E-state index contributed by atoms with van der Waals surface area (Å²) in [5, 5.41) is 0. The van der Waals surface area contributed by atoms with E-state index in [1.807, 2.05) is 11.9 Å². The van der Waals surface area contributed by atoms with Gasteiger partial charge in [0.05, 0.1) is 0 Å². The molecule has 1 aromatic rings. The Bertz CT molecular complexity index is 704. The van der Waals surface area contributed by atoms with Crippen LogP contribution in [0.3, 0.4) is 0 Å². The van der Waals surface area contributed by atoms with E-state index in [4.69, 9.17) is 0 Å². The normalized spacial score (nSPS) is 21.0. The third kappa shape index (κ3) is 2.57. The van der Waals surface area contributed by atoms with Crippen LogP contribution < -0.4 is 11.2 Å². The van der Waals surface area contributed by atoms with E-state index in [-0.39, 0.29) is 16.6 Å². The topological polar surface area (TPSA) is 103 Å². The smallest absolute Gasteiger partial charge is 0.310 e. The molecule has 20 heavy (non-hydrogen) atoms. The van der Waals surface area contributed by atoms with Crippen molar-refractivity contribution < 1.29 is 8.42 Å². The van der Waals surface area contributed by atoms with E-state index in [9.17, 15) is 18.0 Å². The average molecular weight is 301 g/mol. The van der Waals surface area contributed by atoms with Crippen LogP contribution in [0.4, 0.5) is 0 Å². The van der Waals surface area contributed by atoms with E-state index < -0.39 is 21.3 Å².